The number of β-amino-alcohol motifs (C(OH)–C–C–N with tert-alkyl or cyclic N) is 1. The van der Waals surface area contributed by atoms with Crippen molar-refractivity contribution in [2.75, 3.05) is 26.2 Å². The molecule has 0 bridgehead atoms. The van der Waals surface area contributed by atoms with Gasteiger partial charge >= 0.3 is 0 Å². The van der Waals surface area contributed by atoms with E-state index in [2.05, 4.69) is 0 Å². The van der Waals surface area contributed by atoms with Gasteiger partial charge in [0.15, 0.2) is 0 Å². The third-order valence-corrected chi connectivity index (χ3v) is 6.45. The number of aliphatic hydroxyl groups excluding tert-OH is 1. The van der Waals surface area contributed by atoms with Crippen LogP contribution < -0.4 is 0 Å². The molecule has 2 aromatic rings. The predicted molar refractivity (Wildman–Crippen MR) is 103 cm³/mol. The molecular formula is C20H24N2O4S. The van der Waals surface area contributed by atoms with Crippen LogP contribution in [0.25, 0.3) is 0 Å². The van der Waals surface area contributed by atoms with Crippen molar-refractivity contribution >= 4 is 15.9 Å². The summed E-state index contributed by atoms with van der Waals surface area (Å²) in [6.07, 6.45) is 0.673. The van der Waals surface area contributed by atoms with Gasteiger partial charge in [0.1, 0.15) is 0 Å². The molecule has 0 saturated carbocycles. The van der Waals surface area contributed by atoms with Gasteiger partial charge in [0.05, 0.1) is 17.5 Å². The molecule has 0 radical (unpaired) electrons. The molecule has 1 fully saturated rings. The van der Waals surface area contributed by atoms with Crippen molar-refractivity contribution < 1.29 is 18.3 Å². The summed E-state index contributed by atoms with van der Waals surface area (Å²) in [6.45, 7) is 0.302. The Morgan fingerprint density at radius 1 is 0.963 bits per heavy atom. The highest BCUT2D eigenvalue weighted by molar-refractivity contribution is 7.89. The summed E-state index contributed by atoms with van der Waals surface area (Å²) in [4.78, 5) is 14.3. The number of aliphatic hydroxyl groups is 1. The Kier molecular flexibility index (Phi) is 6.26. The monoisotopic (exact) mass is 388 g/mol. The number of carbonyl (C=O) groups is 1. The summed E-state index contributed by atoms with van der Waals surface area (Å²) in [5.74, 6) is -0.279. The average molecular weight is 388 g/mol. The van der Waals surface area contributed by atoms with Crippen LogP contribution in [-0.4, -0.2) is 60.9 Å². The molecule has 0 aromatic heterocycles. The molecule has 2 aromatic carbocycles. The number of nitrogens with zero attached hydrogens (tertiary/aromatic N) is 2. The Hall–Kier alpha value is -2.22. The minimum Gasteiger partial charge on any atom is -0.390 e. The molecule has 144 valence electrons. The Morgan fingerprint density at radius 3 is 2.26 bits per heavy atom. The van der Waals surface area contributed by atoms with Crippen LogP contribution in [-0.2, 0) is 21.2 Å². The molecule has 1 saturated heterocycles. The molecule has 7 heteroatoms. The van der Waals surface area contributed by atoms with E-state index < -0.39 is 16.1 Å². The van der Waals surface area contributed by atoms with Crippen LogP contribution in [0.4, 0.5) is 0 Å². The van der Waals surface area contributed by atoms with Gasteiger partial charge in [-0.3, -0.25) is 4.79 Å². The zero-order valence-electron chi connectivity index (χ0n) is 15.1. The van der Waals surface area contributed by atoms with E-state index in [4.69, 9.17) is 0 Å². The topological polar surface area (TPSA) is 77.9 Å². The lowest BCUT2D eigenvalue weighted by atomic mass is 10.1. The lowest BCUT2D eigenvalue weighted by molar-refractivity contribution is -0.131. The fraction of sp³-hybridized carbons (Fsp3) is 0.350. The van der Waals surface area contributed by atoms with Crippen molar-refractivity contribution in [3.8, 4) is 0 Å². The standard InChI is InChI=1S/C20H24N2O4S/c23-18-14-21(13-7-10-17-8-3-1-4-9-17)20(24)16-22(15-18)27(25,26)19-11-5-2-6-12-19/h1-6,8-9,11-12,18,23H,7,10,13-16H2. The second-order valence-corrected chi connectivity index (χ2v) is 8.63. The molecular weight excluding hydrogens is 364 g/mol. The Morgan fingerprint density at radius 2 is 1.59 bits per heavy atom. The maximum Gasteiger partial charge on any atom is 0.243 e. The van der Waals surface area contributed by atoms with Crippen LogP contribution in [0.2, 0.25) is 0 Å². The smallest absolute Gasteiger partial charge is 0.243 e. The highest BCUT2D eigenvalue weighted by Crippen LogP contribution is 2.18. The predicted octanol–water partition coefficient (Wildman–Crippen LogP) is 1.51. The first-order chi connectivity index (χ1) is 13.0. The average Bonchev–Trinajstić information content (AvgIpc) is 2.82. The molecule has 0 aliphatic carbocycles. The van der Waals surface area contributed by atoms with E-state index in [1.807, 2.05) is 30.3 Å². The number of hydrogen-bond donors (Lipinski definition) is 1. The second kappa shape index (κ2) is 8.65. The van der Waals surface area contributed by atoms with Crippen LogP contribution in [0.15, 0.2) is 65.6 Å². The lowest BCUT2D eigenvalue weighted by Gasteiger charge is -2.21. The maximum atomic E-state index is 12.8. The van der Waals surface area contributed by atoms with E-state index in [1.165, 1.54) is 17.7 Å². The molecule has 1 aliphatic heterocycles. The van der Waals surface area contributed by atoms with Gasteiger partial charge in [-0.2, -0.15) is 4.31 Å². The van der Waals surface area contributed by atoms with E-state index in [0.29, 0.717) is 6.54 Å². The number of sulfonamides is 1. The molecule has 1 atom stereocenters. The summed E-state index contributed by atoms with van der Waals surface area (Å²) < 4.78 is 26.6. The maximum absolute atomic E-state index is 12.8. The van der Waals surface area contributed by atoms with Crippen LogP contribution in [0.5, 0.6) is 0 Å². The summed E-state index contributed by atoms with van der Waals surface area (Å²) in [5.41, 5.74) is 1.19. The first kappa shape index (κ1) is 19.5. The molecule has 1 aliphatic rings. The van der Waals surface area contributed by atoms with Gasteiger partial charge < -0.3 is 10.0 Å². The van der Waals surface area contributed by atoms with Crippen LogP contribution in [0, 0.1) is 0 Å². The SMILES string of the molecule is O=C1CN(S(=O)(=O)c2ccccc2)CC(O)CN1CCCc1ccccc1. The molecule has 3 rings (SSSR count). The molecule has 1 N–H and O–H groups in total. The van der Waals surface area contributed by atoms with Crippen molar-refractivity contribution in [3.05, 3.63) is 66.2 Å². The quantitative estimate of drug-likeness (QED) is 0.814. The fourth-order valence-electron chi connectivity index (χ4n) is 3.22. The Balaban J connectivity index is 1.65. The van der Waals surface area contributed by atoms with Gasteiger partial charge in [-0.1, -0.05) is 48.5 Å². The molecule has 6 nitrogen and oxygen atoms in total. The van der Waals surface area contributed by atoms with E-state index in [0.717, 1.165) is 17.1 Å². The number of aryl methyl sites for hydroxylation is 1. The van der Waals surface area contributed by atoms with Crippen molar-refractivity contribution in [1.82, 2.24) is 9.21 Å². The van der Waals surface area contributed by atoms with Gasteiger partial charge in [0.2, 0.25) is 15.9 Å². The normalized spacial score (nSPS) is 19.1. The second-order valence-electron chi connectivity index (χ2n) is 6.69. The minimum absolute atomic E-state index is 0.0852. The highest BCUT2D eigenvalue weighted by Gasteiger charge is 2.33. The van der Waals surface area contributed by atoms with Crippen LogP contribution in [0.1, 0.15) is 12.0 Å². The minimum atomic E-state index is -3.81. The van der Waals surface area contributed by atoms with Gasteiger partial charge in [-0.25, -0.2) is 8.42 Å². The zero-order valence-corrected chi connectivity index (χ0v) is 15.9. The first-order valence-electron chi connectivity index (χ1n) is 9.02. The number of amides is 1. The molecule has 1 amide bonds. The molecule has 0 spiro atoms. The molecule has 1 unspecified atom stereocenters. The van der Waals surface area contributed by atoms with Gasteiger partial charge in [0, 0.05) is 19.6 Å². The fourth-order valence-corrected chi connectivity index (χ4v) is 4.67. The third-order valence-electron chi connectivity index (χ3n) is 4.63. The summed E-state index contributed by atoms with van der Waals surface area (Å²) in [6, 6.07) is 18.0. The number of rotatable bonds is 6. The summed E-state index contributed by atoms with van der Waals surface area (Å²) in [5, 5.41) is 10.3. The van der Waals surface area contributed by atoms with Crippen molar-refractivity contribution in [2.45, 2.75) is 23.8 Å². The molecule has 1 heterocycles. The lowest BCUT2D eigenvalue weighted by Crippen LogP contribution is -2.39. The van der Waals surface area contributed by atoms with Gasteiger partial charge in [-0.15, -0.1) is 0 Å². The van der Waals surface area contributed by atoms with Crippen LogP contribution in [0.3, 0.4) is 0 Å². The van der Waals surface area contributed by atoms with Crippen LogP contribution >= 0.6 is 0 Å². The number of carbonyl (C=O) groups excluding carboxylic acids is 1. The van der Waals surface area contributed by atoms with E-state index in [-0.39, 0.29) is 30.4 Å². The van der Waals surface area contributed by atoms with Gasteiger partial charge in [0.25, 0.3) is 0 Å². The largest absolute Gasteiger partial charge is 0.390 e. The van der Waals surface area contributed by atoms with E-state index >= 15 is 0 Å². The first-order valence-corrected chi connectivity index (χ1v) is 10.5. The number of benzene rings is 2. The van der Waals surface area contributed by atoms with Crippen molar-refractivity contribution in [3.63, 3.8) is 0 Å². The van der Waals surface area contributed by atoms with Gasteiger partial charge in [-0.05, 0) is 30.5 Å². The highest BCUT2D eigenvalue weighted by atomic mass is 32.2. The Bertz CT molecular complexity index is 856. The summed E-state index contributed by atoms with van der Waals surface area (Å²) >= 11 is 0. The zero-order chi connectivity index (χ0) is 19.3. The van der Waals surface area contributed by atoms with E-state index in [1.54, 1.807) is 23.1 Å². The number of hydrogen-bond acceptors (Lipinski definition) is 4. The summed E-state index contributed by atoms with van der Waals surface area (Å²) in [7, 11) is -3.81. The third kappa shape index (κ3) is 4.94. The molecule has 27 heavy (non-hydrogen) atoms. The Labute approximate surface area is 160 Å². The van der Waals surface area contributed by atoms with Crippen molar-refractivity contribution in [2.24, 2.45) is 0 Å². The van der Waals surface area contributed by atoms with E-state index in [9.17, 15) is 18.3 Å². The van der Waals surface area contributed by atoms with Crippen molar-refractivity contribution in [1.29, 1.82) is 0 Å².